The van der Waals surface area contributed by atoms with E-state index in [-0.39, 0.29) is 38.1 Å². The Morgan fingerprint density at radius 3 is 2.25 bits per heavy atom. The van der Waals surface area contributed by atoms with Gasteiger partial charge in [0.25, 0.3) is 0 Å². The number of thioether (sulfide) groups is 1. The first kappa shape index (κ1) is 52.1. The monoisotopic (exact) mass is 1050 g/mol. The number of aliphatic carboxylic acids is 1. The van der Waals surface area contributed by atoms with Crippen molar-refractivity contribution in [1.82, 2.24) is 19.6 Å². The Bertz CT molecular complexity index is 2580. The molecule has 0 aliphatic carbocycles. The van der Waals surface area contributed by atoms with Gasteiger partial charge in [0.1, 0.15) is 0 Å². The summed E-state index contributed by atoms with van der Waals surface area (Å²) in [6, 6.07) is 26.9. The van der Waals surface area contributed by atoms with E-state index < -0.39 is 41.2 Å². The number of aromatic nitrogens is 1. The molecule has 4 aliphatic heterocycles. The third kappa shape index (κ3) is 14.9. The summed E-state index contributed by atoms with van der Waals surface area (Å²) in [4.78, 5) is 75.5. The zero-order valence-electron chi connectivity index (χ0n) is 41.2. The average Bonchev–Trinajstić information content (AvgIpc) is 3.63. The number of fused-ring (bicyclic) bond motifs is 9. The molecule has 17 nitrogen and oxygen atoms in total. The summed E-state index contributed by atoms with van der Waals surface area (Å²) in [5, 5.41) is 15.2. The summed E-state index contributed by atoms with van der Waals surface area (Å²) in [6.07, 6.45) is 9.30. The number of aryl methyl sites for hydroxylation is 1. The van der Waals surface area contributed by atoms with E-state index in [4.69, 9.17) is 10.6 Å². The molecular formula is C52H67GaN8O9S+2. The predicted octanol–water partition coefficient (Wildman–Crippen LogP) is 4.19. The van der Waals surface area contributed by atoms with Crippen LogP contribution in [-0.2, 0) is 47.5 Å². The van der Waals surface area contributed by atoms with Crippen LogP contribution in [0.3, 0.4) is 0 Å². The summed E-state index contributed by atoms with van der Waals surface area (Å²) in [6.45, 7) is 5.27. The quantitative estimate of drug-likeness (QED) is 0.0710. The van der Waals surface area contributed by atoms with Crippen molar-refractivity contribution >= 4 is 87.2 Å². The molecule has 3 fully saturated rings. The van der Waals surface area contributed by atoms with Crippen LogP contribution >= 0.6 is 11.8 Å². The fourth-order valence-electron chi connectivity index (χ4n) is 9.85. The standard InChI is InChI=1S/C52H68N8O9S.Ga/c1-54-45-14-8-9-15-46(45)70-48(54)33-40-21-23-58(44-13-7-6-12-43(40)44)22-11-31-60(2,3)30-10-4-5-16-47(61)53-41-19-17-39(18-20-41)32-42-34-57(37-51(66)67)27-26-55(35-49(62)63)24-25-56(36-50(64)65)28-29-59(42)38-52(68)69;/h6-9,12-15,17-21,23,33,42H,4-5,10-11,16,22,24-32,34-38H2,1-3H3,(H3-2,53,61,62,63,64,65,66,67,68,69);/q;+3/p-1/i;1-2. The van der Waals surface area contributed by atoms with Crippen LogP contribution in [0.15, 0.2) is 95.0 Å². The average molecular weight is 1050 g/mol. The van der Waals surface area contributed by atoms with Crippen molar-refractivity contribution in [3.8, 4) is 0 Å². The van der Waals surface area contributed by atoms with E-state index in [0.29, 0.717) is 64.3 Å². The Balaban J connectivity index is 0.809. The van der Waals surface area contributed by atoms with Crippen molar-refractivity contribution in [2.45, 2.75) is 56.0 Å². The van der Waals surface area contributed by atoms with Crippen LogP contribution in [-0.4, -0.2) is 189 Å². The molecular weight excluding hydrogens is 981 g/mol. The van der Waals surface area contributed by atoms with Crippen LogP contribution in [0.1, 0.15) is 43.2 Å². The number of carbonyl (C=O) groups is 5. The largest absolute Gasteiger partial charge is 0.213 e. The minimum Gasteiger partial charge on any atom is -0.0698 e. The van der Waals surface area contributed by atoms with Gasteiger partial charge in [-0.2, -0.15) is 4.57 Å². The van der Waals surface area contributed by atoms with Gasteiger partial charge < -0.3 is 9.38 Å². The maximum absolute atomic E-state index is 13.4. The fraction of sp³-hybridized carbons (Fsp3) is 0.462. The van der Waals surface area contributed by atoms with E-state index in [1.807, 2.05) is 50.7 Å². The van der Waals surface area contributed by atoms with Crippen LogP contribution in [0.2, 0.25) is 0 Å². The summed E-state index contributed by atoms with van der Waals surface area (Å²) in [5.74, 6) is -2.92. The molecule has 1 amide bonds. The molecule has 3 saturated heterocycles. The molecule has 376 valence electrons. The Morgan fingerprint density at radius 2 is 1.48 bits per heavy atom. The molecule has 5 heterocycles. The summed E-state index contributed by atoms with van der Waals surface area (Å²) < 4.78 is 19.9. The molecule has 4 atom stereocenters. The number of hydrogen-bond donors (Lipinski definition) is 2. The first-order chi connectivity index (χ1) is 34.2. The Hall–Kier alpha value is -5.25. The zero-order chi connectivity index (χ0) is 49.9. The topological polar surface area (TPSA) is 165 Å². The second-order valence-corrected chi connectivity index (χ2v) is 23.4. The maximum atomic E-state index is 13.4. The van der Waals surface area contributed by atoms with Crippen LogP contribution < -0.4 is 14.8 Å². The van der Waals surface area contributed by atoms with Crippen molar-refractivity contribution in [3.63, 3.8) is 0 Å². The SMILES string of the molecule is CN1/C(=C/c2cc[n+](CCC[N+](C)(C)CCCCCC(=O)Nc3ccc(CC4CN5CCN6CCN(CC(=O)O)CCN4CC(=O)[O][68Ga]([O]C(=O)C6)[O]C(=O)C5)cc3)c3ccccc23)Sc2ccccc21. The molecule has 4 aromatic rings. The molecule has 1 aromatic heterocycles. The first-order valence-corrected chi connectivity index (χ1v) is 28.6. The maximum Gasteiger partial charge on any atom is 0.213 e. The van der Waals surface area contributed by atoms with Gasteiger partial charge in [-0.3, -0.25) is 4.79 Å². The number of nitrogens with one attached hydrogen (secondary N) is 1. The van der Waals surface area contributed by atoms with Crippen molar-refractivity contribution in [2.75, 3.05) is 116 Å². The van der Waals surface area contributed by atoms with Crippen LogP contribution in [0, 0.1) is 0 Å². The number of amides is 1. The van der Waals surface area contributed by atoms with Gasteiger partial charge in [-0.25, -0.2) is 0 Å². The number of carbonyl (C=O) groups excluding carboxylic acids is 4. The molecule has 4 aliphatic rings. The van der Waals surface area contributed by atoms with E-state index in [9.17, 15) is 29.1 Å². The van der Waals surface area contributed by atoms with E-state index >= 15 is 0 Å². The number of unbranched alkanes of at least 4 members (excludes halogenated alkanes) is 2. The third-order valence-corrected chi connectivity index (χ3v) is 17.8. The van der Waals surface area contributed by atoms with E-state index in [0.717, 1.165) is 55.4 Å². The zero-order valence-corrected chi connectivity index (χ0v) is 44.4. The first-order valence-electron chi connectivity index (χ1n) is 24.8. The smallest absolute Gasteiger partial charge is 0.0698 e. The number of carboxylic acid groups (broad SMARTS) is 1. The second-order valence-electron chi connectivity index (χ2n) is 19.7. The molecule has 2 N–H and O–H groups in total. The molecule has 71 heavy (non-hydrogen) atoms. The van der Waals surface area contributed by atoms with Gasteiger partial charge >= 0.3 is 227 Å². The number of benzene rings is 3. The van der Waals surface area contributed by atoms with Crippen molar-refractivity contribution in [1.29, 1.82) is 0 Å². The number of hydrogen-bond acceptors (Lipinski definition) is 14. The van der Waals surface area contributed by atoms with Gasteiger partial charge in [0, 0.05) is 30.5 Å². The molecule has 3 aromatic carbocycles. The van der Waals surface area contributed by atoms with E-state index in [2.05, 4.69) is 103 Å². The number of carboxylic acids is 1. The minimum absolute atomic E-state index is 0.0315. The molecule has 0 spiro atoms. The second kappa shape index (κ2) is 24.4. The molecule has 19 heteroatoms. The van der Waals surface area contributed by atoms with Gasteiger partial charge in [0.15, 0.2) is 12.7 Å². The van der Waals surface area contributed by atoms with Crippen molar-refractivity contribution in [2.24, 2.45) is 0 Å². The third-order valence-electron chi connectivity index (χ3n) is 13.8. The number of pyridine rings is 1. The van der Waals surface area contributed by atoms with Crippen molar-refractivity contribution in [3.05, 3.63) is 101 Å². The Kier molecular flexibility index (Phi) is 17.9. The van der Waals surface area contributed by atoms with Crippen LogP contribution in [0.25, 0.3) is 17.0 Å². The fourth-order valence-corrected chi connectivity index (χ4v) is 13.1. The van der Waals surface area contributed by atoms with Gasteiger partial charge in [-0.05, 0) is 49.1 Å². The number of anilines is 2. The summed E-state index contributed by atoms with van der Waals surface area (Å²) >= 11 is -2.26. The van der Waals surface area contributed by atoms with Gasteiger partial charge in [-0.1, -0.05) is 36.0 Å². The number of para-hydroxylation sites is 2. The van der Waals surface area contributed by atoms with Gasteiger partial charge in [0.05, 0.1) is 49.7 Å². The van der Waals surface area contributed by atoms with Crippen LogP contribution in [0.5, 0.6) is 0 Å². The molecule has 8 rings (SSSR count). The molecule has 4 unspecified atom stereocenters. The summed E-state index contributed by atoms with van der Waals surface area (Å²) in [5.41, 5.74) is 5.35. The molecule has 0 saturated carbocycles. The predicted molar refractivity (Wildman–Crippen MR) is 273 cm³/mol. The molecule has 0 radical (unpaired) electrons. The minimum atomic E-state index is -4.07. The number of nitrogens with zero attached hydrogens (tertiary/aromatic N) is 7. The van der Waals surface area contributed by atoms with E-state index in [1.54, 1.807) is 4.90 Å². The Morgan fingerprint density at radius 1 is 0.803 bits per heavy atom. The van der Waals surface area contributed by atoms with Crippen molar-refractivity contribution < 1.29 is 48.7 Å². The van der Waals surface area contributed by atoms with Crippen LogP contribution in [0.4, 0.5) is 11.4 Å². The van der Waals surface area contributed by atoms with Gasteiger partial charge in [-0.15, -0.1) is 0 Å². The van der Waals surface area contributed by atoms with E-state index in [1.165, 1.54) is 32.1 Å². The summed E-state index contributed by atoms with van der Waals surface area (Å²) in [7, 11) is 6.72. The number of quaternary nitrogens is 1. The number of rotatable bonds is 16. The normalized spacial score (nSPS) is 21.9. The Labute approximate surface area is 427 Å². The van der Waals surface area contributed by atoms with Gasteiger partial charge in [0.2, 0.25) is 5.52 Å². The molecule has 4 bridgehead atoms.